The third kappa shape index (κ3) is 10.8. The molecular formula is C40H48N14O10S2. The van der Waals surface area contributed by atoms with Crippen LogP contribution in [0.25, 0.3) is 11.2 Å². The third-order valence-electron chi connectivity index (χ3n) is 11.1. The average molecular weight is 949 g/mol. The second-order valence-corrected chi connectivity index (χ2v) is 18.1. The van der Waals surface area contributed by atoms with E-state index in [1.54, 1.807) is 31.2 Å². The highest BCUT2D eigenvalue weighted by Gasteiger charge is 2.60. The zero-order valence-corrected chi connectivity index (χ0v) is 36.9. The van der Waals surface area contributed by atoms with E-state index in [0.717, 1.165) is 10.8 Å². The van der Waals surface area contributed by atoms with E-state index in [4.69, 9.17) is 21.9 Å². The summed E-state index contributed by atoms with van der Waals surface area (Å²) in [6.07, 6.45) is 2.35. The summed E-state index contributed by atoms with van der Waals surface area (Å²) in [5, 5.41) is 46.5. The predicted molar refractivity (Wildman–Crippen MR) is 246 cm³/mol. The summed E-state index contributed by atoms with van der Waals surface area (Å²) in [5.41, 5.74) is 19.4. The number of hydrogen-bond donors (Lipinski definition) is 12. The first kappa shape index (κ1) is 47.1. The first-order chi connectivity index (χ1) is 31.6. The number of primary amides is 1. The summed E-state index contributed by atoms with van der Waals surface area (Å²) in [6.45, 7) is 2.36. The Bertz CT molecular complexity index is 2620. The van der Waals surface area contributed by atoms with Gasteiger partial charge in [-0.05, 0) is 37.6 Å². The molecule has 6 atom stereocenters. The van der Waals surface area contributed by atoms with Crippen molar-refractivity contribution in [1.82, 2.24) is 41.2 Å². The van der Waals surface area contributed by atoms with Gasteiger partial charge in [0.05, 0.1) is 30.2 Å². The molecule has 0 spiro atoms. The summed E-state index contributed by atoms with van der Waals surface area (Å²) >= 11 is 0. The maximum absolute atomic E-state index is 12.7. The number of aromatic nitrogens is 4. The summed E-state index contributed by atoms with van der Waals surface area (Å²) in [5.74, 6) is -3.28. The normalized spacial score (nSPS) is 18.8. The molecular weight excluding hydrogens is 901 g/mol. The number of anilines is 3. The number of phenols is 2. The smallest absolute Gasteiger partial charge is 0.404 e. The molecule has 26 heteroatoms. The van der Waals surface area contributed by atoms with Gasteiger partial charge in [0, 0.05) is 84.2 Å². The Hall–Kier alpha value is -6.90. The molecule has 0 aliphatic carbocycles. The first-order valence-corrected chi connectivity index (χ1v) is 23.1. The van der Waals surface area contributed by atoms with Crippen molar-refractivity contribution in [2.75, 3.05) is 53.7 Å². The van der Waals surface area contributed by atoms with Crippen molar-refractivity contribution < 1.29 is 44.0 Å². The van der Waals surface area contributed by atoms with Crippen LogP contribution in [0.2, 0.25) is 0 Å². The van der Waals surface area contributed by atoms with E-state index in [1.165, 1.54) is 23.2 Å². The minimum atomic E-state index is -1.29. The minimum Gasteiger partial charge on any atom is -0.505 e. The molecule has 15 N–H and O–H groups in total. The van der Waals surface area contributed by atoms with E-state index in [1.807, 2.05) is 4.90 Å². The van der Waals surface area contributed by atoms with Gasteiger partial charge in [-0.1, -0.05) is 21.6 Å². The number of aromatic hydroxyl groups is 2. The Morgan fingerprint density at radius 3 is 2.62 bits per heavy atom. The molecule has 2 fully saturated rings. The fourth-order valence-corrected chi connectivity index (χ4v) is 9.67. The monoisotopic (exact) mass is 948 g/mol. The topological polar surface area (TPSA) is 391 Å². The van der Waals surface area contributed by atoms with Crippen molar-refractivity contribution in [2.24, 2.45) is 16.5 Å². The number of carbonyl (C=O) groups is 5. The van der Waals surface area contributed by atoms with Crippen LogP contribution in [0.15, 0.2) is 40.2 Å². The fourth-order valence-electron chi connectivity index (χ4n) is 7.81. The number of rotatable bonds is 21. The number of aliphatic imine (C=N–C) groups is 1. The molecule has 350 valence electrons. The summed E-state index contributed by atoms with van der Waals surface area (Å²) in [7, 11) is 2.39. The predicted octanol–water partition coefficient (Wildman–Crippen LogP) is -0.345. The molecule has 0 saturated carbocycles. The molecule has 0 bridgehead atoms. The fraction of sp³-hybridized carbons (Fsp3) is 0.400. The number of nitrogens with zero attached hydrogens (tertiary/aromatic N) is 5. The number of carboxylic acid groups (broad SMARTS) is 1. The highest BCUT2D eigenvalue weighted by atomic mass is 33.1. The number of fused-ring (bicyclic) bond motifs is 6. The quantitative estimate of drug-likeness (QED) is 0.0167. The Labute approximate surface area is 383 Å². The highest BCUT2D eigenvalue weighted by Crippen LogP contribution is 2.59. The number of nitrogens with two attached hydrogens (primary N) is 3. The molecule has 3 aliphatic heterocycles. The van der Waals surface area contributed by atoms with E-state index in [9.17, 15) is 44.1 Å². The zero-order valence-electron chi connectivity index (χ0n) is 35.3. The molecule has 0 radical (unpaired) electrons. The summed E-state index contributed by atoms with van der Waals surface area (Å²) in [6, 6.07) is 4.31. The van der Waals surface area contributed by atoms with Crippen molar-refractivity contribution in [1.29, 1.82) is 0 Å². The van der Waals surface area contributed by atoms with Crippen LogP contribution in [0.5, 0.6) is 11.5 Å². The van der Waals surface area contributed by atoms with E-state index in [2.05, 4.69) is 51.5 Å². The van der Waals surface area contributed by atoms with Crippen molar-refractivity contribution in [3.8, 4) is 11.5 Å². The Morgan fingerprint density at radius 2 is 1.88 bits per heavy atom. The largest absolute Gasteiger partial charge is 0.505 e. The SMILES string of the molecule is Cc1c(O)c2c(c(O)c1N=CCSSCC(NC(=O)C(N)CNC(=O)CCCNC(=O)c1ccc(NCc3cnc4nc(N)[nH]c(=O)c4n3)cc1)C(=O)O)C(COC(N)=O)C1C3NC3CN21. The number of nitrogens with one attached hydrogen (secondary N) is 6. The van der Waals surface area contributed by atoms with Gasteiger partial charge >= 0.3 is 12.1 Å². The second-order valence-electron chi connectivity index (χ2n) is 15.6. The second kappa shape index (κ2) is 20.5. The number of piperazine rings is 1. The molecule has 7 rings (SSSR count). The van der Waals surface area contributed by atoms with Gasteiger partial charge in [-0.2, -0.15) is 4.98 Å². The van der Waals surface area contributed by atoms with Crippen molar-refractivity contribution >= 4 is 91.8 Å². The van der Waals surface area contributed by atoms with Crippen molar-refractivity contribution in [3.05, 3.63) is 63.2 Å². The number of carbonyl (C=O) groups excluding carboxylic acids is 4. The number of amides is 4. The van der Waals surface area contributed by atoms with Crippen LogP contribution in [0.1, 0.15) is 45.9 Å². The van der Waals surface area contributed by atoms with Gasteiger partial charge in [0.15, 0.2) is 11.2 Å². The zero-order chi connectivity index (χ0) is 47.2. The molecule has 4 aromatic rings. The Kier molecular flexibility index (Phi) is 14.6. The first-order valence-electron chi connectivity index (χ1n) is 20.6. The number of benzene rings is 2. The van der Waals surface area contributed by atoms with Gasteiger partial charge in [-0.25, -0.2) is 19.6 Å². The van der Waals surface area contributed by atoms with Crippen LogP contribution >= 0.6 is 21.6 Å². The lowest BCUT2D eigenvalue weighted by molar-refractivity contribution is -0.141. The lowest BCUT2D eigenvalue weighted by Gasteiger charge is -2.25. The molecule has 24 nitrogen and oxygen atoms in total. The standard InChI is InChI=1S/C40H48N14O10S2/c1-17-27(33(57)26-21(15-64-40(43)63)30-28-23(50-28)14-54(30)31(26)32(17)56)44-9-10-65-66-16-24(38(61)62)51-36(59)22(41)13-47-25(55)3-2-8-45-35(58)18-4-6-19(7-5-18)46-11-20-12-48-34-29(49-20)37(60)53-39(42)52-34/h4-7,9,12,21-24,28,30,46,50,56-57H,2-3,8,10-11,13-16,41H2,1H3,(H2,43,63)(H,45,58)(H,47,55)(H,51,59)(H,61,62)(H3,42,48,52,53,60). The van der Waals surface area contributed by atoms with E-state index < -0.39 is 47.4 Å². The minimum absolute atomic E-state index is 0.0240. The number of hydrogen-bond acceptors (Lipinski definition) is 20. The third-order valence-corrected chi connectivity index (χ3v) is 13.4. The van der Waals surface area contributed by atoms with Gasteiger partial charge < -0.3 is 68.7 Å². The number of aliphatic carboxylic acids is 1. The maximum atomic E-state index is 12.7. The van der Waals surface area contributed by atoms with Crippen LogP contribution in [0.4, 0.5) is 27.8 Å². The van der Waals surface area contributed by atoms with Crippen molar-refractivity contribution in [3.63, 3.8) is 0 Å². The molecule has 5 heterocycles. The van der Waals surface area contributed by atoms with Crippen molar-refractivity contribution in [2.45, 2.75) is 62.4 Å². The number of H-pyrrole nitrogens is 1. The number of carboxylic acids is 1. The lowest BCUT2D eigenvalue weighted by atomic mass is 9.91. The van der Waals surface area contributed by atoms with Gasteiger partial charge in [-0.3, -0.25) is 29.2 Å². The van der Waals surface area contributed by atoms with Crippen LogP contribution < -0.4 is 54.2 Å². The van der Waals surface area contributed by atoms with Crippen LogP contribution in [0, 0.1) is 6.92 Å². The average Bonchev–Trinajstić information content (AvgIpc) is 3.83. The van der Waals surface area contributed by atoms with Crippen LogP contribution in [-0.4, -0.2) is 139 Å². The summed E-state index contributed by atoms with van der Waals surface area (Å²) in [4.78, 5) is 94.5. The molecule has 2 saturated heterocycles. The highest BCUT2D eigenvalue weighted by molar-refractivity contribution is 8.76. The van der Waals surface area contributed by atoms with Gasteiger partial charge in [0.1, 0.15) is 35.9 Å². The molecule has 2 aromatic heterocycles. The lowest BCUT2D eigenvalue weighted by Crippen LogP contribution is -2.53. The van der Waals surface area contributed by atoms with E-state index in [-0.39, 0.29) is 102 Å². The van der Waals surface area contributed by atoms with Gasteiger partial charge in [-0.15, -0.1) is 0 Å². The molecule has 2 aromatic carbocycles. The molecule has 66 heavy (non-hydrogen) atoms. The molecule has 3 aliphatic rings. The van der Waals surface area contributed by atoms with E-state index in [0.29, 0.717) is 46.7 Å². The number of aromatic amines is 1. The van der Waals surface area contributed by atoms with Crippen LogP contribution in [-0.2, 0) is 25.7 Å². The molecule has 4 amide bonds. The van der Waals surface area contributed by atoms with E-state index >= 15 is 0 Å². The summed E-state index contributed by atoms with van der Waals surface area (Å²) < 4.78 is 5.13. The van der Waals surface area contributed by atoms with Gasteiger partial charge in [0.2, 0.25) is 17.8 Å². The maximum Gasteiger partial charge on any atom is 0.404 e. The van der Waals surface area contributed by atoms with Crippen LogP contribution in [0.3, 0.4) is 0 Å². The molecule has 6 unspecified atom stereocenters. The van der Waals surface area contributed by atoms with Gasteiger partial charge in [0.25, 0.3) is 11.5 Å². The number of ether oxygens (including phenoxy) is 1. The Morgan fingerprint density at radius 1 is 1.11 bits per heavy atom. The number of phenolic OH excluding ortho intramolecular Hbond substituents is 2. The Balaban J connectivity index is 0.783. The number of nitrogen functional groups attached to an aromatic ring is 1.